The van der Waals surface area contributed by atoms with Gasteiger partial charge in [0.15, 0.2) is 5.70 Å². The molecular formula is C16H7ClN2O4S2. The molecule has 0 bridgehead atoms. The maximum absolute atomic E-state index is 12.0. The van der Waals surface area contributed by atoms with Crippen LogP contribution in [0.4, 0.5) is 5.69 Å². The number of cyclic esters (lactones) is 1. The van der Waals surface area contributed by atoms with Gasteiger partial charge in [0.25, 0.3) is 5.69 Å². The predicted molar refractivity (Wildman–Crippen MR) is 98.4 cm³/mol. The molecule has 0 unspecified atom stereocenters. The van der Waals surface area contributed by atoms with Crippen molar-refractivity contribution in [1.82, 2.24) is 0 Å². The number of nitro benzene ring substituents is 1. The average molecular weight is 391 g/mol. The third-order valence-corrected chi connectivity index (χ3v) is 5.93. The molecule has 6 nitrogen and oxygen atoms in total. The molecule has 0 aliphatic carbocycles. The Bertz CT molecular complexity index is 1080. The van der Waals surface area contributed by atoms with E-state index in [2.05, 4.69) is 4.99 Å². The van der Waals surface area contributed by atoms with Gasteiger partial charge in [-0.15, -0.1) is 22.7 Å². The van der Waals surface area contributed by atoms with Crippen LogP contribution in [-0.4, -0.2) is 16.8 Å². The highest BCUT2D eigenvalue weighted by Crippen LogP contribution is 2.39. The number of ether oxygens (including phenoxy) is 1. The molecule has 0 amide bonds. The highest BCUT2D eigenvalue weighted by molar-refractivity contribution is 7.21. The summed E-state index contributed by atoms with van der Waals surface area (Å²) >= 11 is 9.03. The number of nitro groups is 1. The molecule has 0 atom stereocenters. The molecule has 1 aliphatic rings. The van der Waals surface area contributed by atoms with E-state index in [4.69, 9.17) is 16.3 Å². The molecule has 0 N–H and O–H groups in total. The van der Waals surface area contributed by atoms with Crippen molar-refractivity contribution in [3.8, 4) is 0 Å². The minimum atomic E-state index is -0.553. The van der Waals surface area contributed by atoms with E-state index in [0.29, 0.717) is 20.0 Å². The lowest BCUT2D eigenvalue weighted by molar-refractivity contribution is -0.384. The van der Waals surface area contributed by atoms with Crippen LogP contribution in [-0.2, 0) is 9.53 Å². The number of nitrogens with zero attached hydrogens (tertiary/aromatic N) is 2. The molecule has 124 valence electrons. The van der Waals surface area contributed by atoms with E-state index < -0.39 is 10.9 Å². The summed E-state index contributed by atoms with van der Waals surface area (Å²) in [5.74, 6) is -0.440. The summed E-state index contributed by atoms with van der Waals surface area (Å²) in [6.45, 7) is 0. The second kappa shape index (κ2) is 6.07. The number of carbonyl (C=O) groups excluding carboxylic acids is 1. The molecule has 3 heterocycles. The Kier molecular flexibility index (Phi) is 3.87. The number of esters is 1. The van der Waals surface area contributed by atoms with Crippen LogP contribution in [0.5, 0.6) is 0 Å². The van der Waals surface area contributed by atoms with Crippen LogP contribution >= 0.6 is 34.3 Å². The predicted octanol–water partition coefficient (Wildman–Crippen LogP) is 4.87. The van der Waals surface area contributed by atoms with E-state index in [9.17, 15) is 14.9 Å². The van der Waals surface area contributed by atoms with Crippen LogP contribution in [0.1, 0.15) is 9.75 Å². The second-order valence-electron chi connectivity index (χ2n) is 5.03. The number of hydrogen-bond donors (Lipinski definition) is 0. The first kappa shape index (κ1) is 15.9. The Morgan fingerprint density at radius 3 is 2.88 bits per heavy atom. The molecule has 2 aromatic heterocycles. The summed E-state index contributed by atoms with van der Waals surface area (Å²) in [5.41, 5.74) is 0.164. The Labute approximate surface area is 153 Å². The van der Waals surface area contributed by atoms with E-state index in [1.165, 1.54) is 34.8 Å². The standard InChI is InChI=1S/C16H7ClN2O4S2/c17-13-10-4-3-8(19(21)22)6-12(10)25-14(13)15-18-11(16(20)23-15)7-9-2-1-5-24-9/h1-7H/b11-7+. The minimum Gasteiger partial charge on any atom is -0.401 e. The first-order chi connectivity index (χ1) is 12.0. The van der Waals surface area contributed by atoms with Crippen molar-refractivity contribution in [3.05, 3.63) is 66.3 Å². The summed E-state index contributed by atoms with van der Waals surface area (Å²) < 4.78 is 5.86. The normalized spacial score (nSPS) is 15.6. The fraction of sp³-hybridized carbons (Fsp3) is 0. The largest absolute Gasteiger partial charge is 0.401 e. The van der Waals surface area contributed by atoms with Gasteiger partial charge in [-0.05, 0) is 23.6 Å². The molecule has 3 aromatic rings. The van der Waals surface area contributed by atoms with E-state index in [1.54, 1.807) is 12.1 Å². The smallest absolute Gasteiger partial charge is 0.363 e. The Balaban J connectivity index is 1.78. The van der Waals surface area contributed by atoms with Gasteiger partial charge in [0.1, 0.15) is 4.88 Å². The Morgan fingerprint density at radius 2 is 2.16 bits per heavy atom. The number of fused-ring (bicyclic) bond motifs is 1. The molecule has 0 radical (unpaired) electrons. The van der Waals surface area contributed by atoms with Gasteiger partial charge < -0.3 is 4.74 Å². The number of rotatable bonds is 3. The third kappa shape index (κ3) is 2.84. The number of hydrogen-bond acceptors (Lipinski definition) is 7. The van der Waals surface area contributed by atoms with Gasteiger partial charge in [-0.2, -0.15) is 0 Å². The molecule has 0 fully saturated rings. The zero-order chi connectivity index (χ0) is 17.6. The number of aliphatic imine (C=N–C) groups is 1. The van der Waals surface area contributed by atoms with Crippen molar-refractivity contribution in [3.63, 3.8) is 0 Å². The summed E-state index contributed by atoms with van der Waals surface area (Å²) in [6, 6.07) is 8.14. The molecule has 9 heteroatoms. The van der Waals surface area contributed by atoms with Gasteiger partial charge >= 0.3 is 5.97 Å². The van der Waals surface area contributed by atoms with Crippen LogP contribution in [0.15, 0.2) is 46.4 Å². The Morgan fingerprint density at radius 1 is 1.32 bits per heavy atom. The lowest BCUT2D eigenvalue weighted by Gasteiger charge is -1.95. The summed E-state index contributed by atoms with van der Waals surface area (Å²) in [5, 5.41) is 13.8. The van der Waals surface area contributed by atoms with E-state index in [-0.39, 0.29) is 17.3 Å². The number of benzene rings is 1. The molecule has 0 spiro atoms. The summed E-state index contributed by atoms with van der Waals surface area (Å²) in [6.07, 6.45) is 1.64. The monoisotopic (exact) mass is 390 g/mol. The topological polar surface area (TPSA) is 81.8 Å². The third-order valence-electron chi connectivity index (χ3n) is 3.46. The number of non-ortho nitro benzene ring substituents is 1. The SMILES string of the molecule is O=C1OC(c2sc3cc([N+](=O)[O-])ccc3c2Cl)=N/C1=C/c1cccs1. The van der Waals surface area contributed by atoms with Crippen LogP contribution in [0.2, 0.25) is 5.02 Å². The quantitative estimate of drug-likeness (QED) is 0.276. The zero-order valence-corrected chi connectivity index (χ0v) is 14.7. The van der Waals surface area contributed by atoms with E-state index >= 15 is 0 Å². The van der Waals surface area contributed by atoms with Crippen LogP contribution in [0.3, 0.4) is 0 Å². The van der Waals surface area contributed by atoms with Crippen molar-refractivity contribution in [1.29, 1.82) is 0 Å². The molecule has 0 saturated heterocycles. The van der Waals surface area contributed by atoms with Crippen molar-refractivity contribution in [2.45, 2.75) is 0 Å². The molecular weight excluding hydrogens is 384 g/mol. The van der Waals surface area contributed by atoms with Crippen LogP contribution < -0.4 is 0 Å². The van der Waals surface area contributed by atoms with Gasteiger partial charge in [0, 0.05) is 27.1 Å². The zero-order valence-electron chi connectivity index (χ0n) is 12.3. The van der Waals surface area contributed by atoms with Crippen molar-refractivity contribution < 1.29 is 14.5 Å². The van der Waals surface area contributed by atoms with E-state index in [0.717, 1.165) is 4.88 Å². The lowest BCUT2D eigenvalue weighted by Crippen LogP contribution is -2.03. The summed E-state index contributed by atoms with van der Waals surface area (Å²) in [4.78, 5) is 28.1. The van der Waals surface area contributed by atoms with Gasteiger partial charge in [0.05, 0.1) is 9.95 Å². The fourth-order valence-electron chi connectivity index (χ4n) is 2.32. The highest BCUT2D eigenvalue weighted by Gasteiger charge is 2.28. The van der Waals surface area contributed by atoms with Crippen LogP contribution in [0, 0.1) is 10.1 Å². The van der Waals surface area contributed by atoms with Gasteiger partial charge in [-0.1, -0.05) is 17.7 Å². The molecule has 25 heavy (non-hydrogen) atoms. The maximum Gasteiger partial charge on any atom is 0.363 e. The molecule has 1 aromatic carbocycles. The molecule has 1 aliphatic heterocycles. The Hall–Kier alpha value is -2.55. The molecule has 4 rings (SSSR count). The number of carbonyl (C=O) groups is 1. The van der Waals surface area contributed by atoms with Crippen molar-refractivity contribution in [2.75, 3.05) is 0 Å². The van der Waals surface area contributed by atoms with Crippen molar-refractivity contribution in [2.24, 2.45) is 4.99 Å². The lowest BCUT2D eigenvalue weighted by atomic mass is 10.2. The minimum absolute atomic E-state index is 0.0272. The second-order valence-corrected chi connectivity index (χ2v) is 7.44. The first-order valence-corrected chi connectivity index (χ1v) is 9.03. The fourth-order valence-corrected chi connectivity index (χ4v) is 4.44. The van der Waals surface area contributed by atoms with E-state index in [1.807, 2.05) is 17.5 Å². The van der Waals surface area contributed by atoms with Crippen LogP contribution in [0.25, 0.3) is 16.2 Å². The number of thiophene rings is 2. The highest BCUT2D eigenvalue weighted by atomic mass is 35.5. The first-order valence-electron chi connectivity index (χ1n) is 6.96. The summed E-state index contributed by atoms with van der Waals surface area (Å²) in [7, 11) is 0. The van der Waals surface area contributed by atoms with Gasteiger partial charge in [-0.3, -0.25) is 10.1 Å². The maximum atomic E-state index is 12.0. The molecule has 0 saturated carbocycles. The van der Waals surface area contributed by atoms with Gasteiger partial charge in [0.2, 0.25) is 5.90 Å². The van der Waals surface area contributed by atoms with Crippen molar-refractivity contribution >= 4 is 68.0 Å². The van der Waals surface area contributed by atoms with Gasteiger partial charge in [-0.25, -0.2) is 9.79 Å². The average Bonchev–Trinajstić information content (AvgIpc) is 3.29. The number of halogens is 1.